The van der Waals surface area contributed by atoms with Gasteiger partial charge in [-0.05, 0) is 6.07 Å². The summed E-state index contributed by atoms with van der Waals surface area (Å²) < 4.78 is 5.27. The van der Waals surface area contributed by atoms with E-state index in [-0.39, 0.29) is 22.2 Å². The van der Waals surface area contributed by atoms with Crippen LogP contribution in [0.1, 0.15) is 0 Å². The third-order valence-electron chi connectivity index (χ3n) is 1.72. The van der Waals surface area contributed by atoms with Gasteiger partial charge in [-0.2, -0.15) is 0 Å². The third kappa shape index (κ3) is 3.76. The summed E-state index contributed by atoms with van der Waals surface area (Å²) in [5.74, 6) is 0.491. The standard InChI is InChI=1S/C10H10ClN3O3/c1-13-6-10(5-12)17-9-3-7(11)2-8(4-9)14(15)16/h2-6H,12H2,1H3/b10-5+,13-6?. The van der Waals surface area contributed by atoms with Gasteiger partial charge in [0.1, 0.15) is 5.75 Å². The second kappa shape index (κ2) is 5.86. The van der Waals surface area contributed by atoms with E-state index in [1.165, 1.54) is 30.6 Å². The molecule has 2 N–H and O–H groups in total. The highest BCUT2D eigenvalue weighted by Crippen LogP contribution is 2.26. The third-order valence-corrected chi connectivity index (χ3v) is 1.94. The van der Waals surface area contributed by atoms with Crippen molar-refractivity contribution in [2.75, 3.05) is 7.05 Å². The molecule has 0 amide bonds. The summed E-state index contributed by atoms with van der Waals surface area (Å²) in [6, 6.07) is 3.93. The predicted molar refractivity (Wildman–Crippen MR) is 65.4 cm³/mol. The van der Waals surface area contributed by atoms with Crippen molar-refractivity contribution >= 4 is 23.5 Å². The number of halogens is 1. The van der Waals surface area contributed by atoms with Crippen LogP contribution in [0, 0.1) is 10.1 Å². The Kier molecular flexibility index (Phi) is 4.47. The molecule has 0 unspecified atom stereocenters. The molecule has 6 nitrogen and oxygen atoms in total. The highest BCUT2D eigenvalue weighted by atomic mass is 35.5. The van der Waals surface area contributed by atoms with Crippen LogP contribution in [0.2, 0.25) is 5.02 Å². The average Bonchev–Trinajstić information content (AvgIpc) is 2.27. The Morgan fingerprint density at radius 1 is 1.59 bits per heavy atom. The minimum absolute atomic E-state index is 0.155. The van der Waals surface area contributed by atoms with Gasteiger partial charge in [0.05, 0.1) is 22.2 Å². The summed E-state index contributed by atoms with van der Waals surface area (Å²) in [4.78, 5) is 13.8. The quantitative estimate of drug-likeness (QED) is 0.386. The summed E-state index contributed by atoms with van der Waals surface area (Å²) in [6.45, 7) is 0. The maximum absolute atomic E-state index is 10.6. The smallest absolute Gasteiger partial charge is 0.274 e. The van der Waals surface area contributed by atoms with Crippen molar-refractivity contribution < 1.29 is 9.66 Å². The molecular weight excluding hydrogens is 246 g/mol. The lowest BCUT2D eigenvalue weighted by molar-refractivity contribution is -0.384. The minimum Gasteiger partial charge on any atom is -0.454 e. The fourth-order valence-electron chi connectivity index (χ4n) is 1.08. The maximum atomic E-state index is 10.6. The second-order valence-corrected chi connectivity index (χ2v) is 3.40. The van der Waals surface area contributed by atoms with Crippen LogP contribution >= 0.6 is 11.6 Å². The van der Waals surface area contributed by atoms with E-state index in [4.69, 9.17) is 22.1 Å². The van der Waals surface area contributed by atoms with Gasteiger partial charge < -0.3 is 10.5 Å². The number of nitro groups is 1. The molecule has 0 aliphatic carbocycles. The van der Waals surface area contributed by atoms with Crippen molar-refractivity contribution in [3.05, 3.63) is 45.3 Å². The van der Waals surface area contributed by atoms with Gasteiger partial charge in [-0.25, -0.2) is 0 Å². The number of nitrogens with two attached hydrogens (primary N) is 1. The van der Waals surface area contributed by atoms with E-state index in [1.54, 1.807) is 7.05 Å². The van der Waals surface area contributed by atoms with Crippen molar-refractivity contribution in [1.82, 2.24) is 0 Å². The van der Waals surface area contributed by atoms with E-state index < -0.39 is 4.92 Å². The molecule has 0 heterocycles. The van der Waals surface area contributed by atoms with Gasteiger partial charge in [-0.1, -0.05) is 11.6 Å². The van der Waals surface area contributed by atoms with Crippen LogP contribution < -0.4 is 10.5 Å². The molecular formula is C10H10ClN3O3. The van der Waals surface area contributed by atoms with Crippen LogP contribution in [0.25, 0.3) is 0 Å². The number of hydrogen-bond acceptors (Lipinski definition) is 5. The van der Waals surface area contributed by atoms with E-state index in [1.807, 2.05) is 0 Å². The normalized spacial score (nSPS) is 11.8. The van der Waals surface area contributed by atoms with E-state index >= 15 is 0 Å². The summed E-state index contributed by atoms with van der Waals surface area (Å²) in [5.41, 5.74) is 5.14. The molecule has 0 bridgehead atoms. The van der Waals surface area contributed by atoms with Gasteiger partial charge in [0.2, 0.25) is 0 Å². The molecule has 1 aromatic rings. The number of rotatable bonds is 4. The fourth-order valence-corrected chi connectivity index (χ4v) is 1.30. The molecule has 0 aromatic heterocycles. The van der Waals surface area contributed by atoms with Crippen LogP contribution in [0.5, 0.6) is 5.75 Å². The van der Waals surface area contributed by atoms with Crippen molar-refractivity contribution in [3.8, 4) is 5.75 Å². The first-order valence-corrected chi connectivity index (χ1v) is 4.91. The van der Waals surface area contributed by atoms with Crippen LogP contribution in [-0.4, -0.2) is 18.2 Å². The Hall–Kier alpha value is -2.08. The lowest BCUT2D eigenvalue weighted by Crippen LogP contribution is -2.00. The molecule has 17 heavy (non-hydrogen) atoms. The Bertz CT molecular complexity index is 486. The van der Waals surface area contributed by atoms with Gasteiger partial charge in [-0.15, -0.1) is 0 Å². The number of hydrogen-bond donors (Lipinski definition) is 1. The summed E-state index contributed by atoms with van der Waals surface area (Å²) in [6.07, 6.45) is 2.58. The number of allylic oxidation sites excluding steroid dienone is 1. The molecule has 0 atom stereocenters. The molecule has 7 heteroatoms. The molecule has 0 radical (unpaired) electrons. The molecule has 0 aliphatic rings. The van der Waals surface area contributed by atoms with E-state index in [9.17, 15) is 10.1 Å². The Labute approximate surface area is 103 Å². The van der Waals surface area contributed by atoms with E-state index in [0.717, 1.165) is 0 Å². The zero-order valence-electron chi connectivity index (χ0n) is 8.96. The van der Waals surface area contributed by atoms with Crippen molar-refractivity contribution in [2.24, 2.45) is 10.7 Å². The van der Waals surface area contributed by atoms with Gasteiger partial charge >= 0.3 is 0 Å². The van der Waals surface area contributed by atoms with Gasteiger partial charge in [0, 0.05) is 19.3 Å². The van der Waals surface area contributed by atoms with E-state index in [0.29, 0.717) is 0 Å². The molecule has 0 fully saturated rings. The summed E-state index contributed by atoms with van der Waals surface area (Å²) >= 11 is 5.73. The Morgan fingerprint density at radius 3 is 2.82 bits per heavy atom. The molecule has 0 saturated carbocycles. The average molecular weight is 256 g/mol. The summed E-state index contributed by atoms with van der Waals surface area (Å²) in [7, 11) is 1.55. The number of nitro benzene ring substituents is 1. The SMILES string of the molecule is CN=C/C(=C\N)Oc1cc(Cl)cc([N+](=O)[O-])c1. The Morgan fingerprint density at radius 2 is 2.29 bits per heavy atom. The molecule has 0 spiro atoms. The first-order valence-electron chi connectivity index (χ1n) is 4.53. The maximum Gasteiger partial charge on any atom is 0.274 e. The fraction of sp³-hybridized carbons (Fsp3) is 0.100. The lowest BCUT2D eigenvalue weighted by atomic mass is 10.3. The van der Waals surface area contributed by atoms with E-state index in [2.05, 4.69) is 4.99 Å². The highest BCUT2D eigenvalue weighted by Gasteiger charge is 2.10. The highest BCUT2D eigenvalue weighted by molar-refractivity contribution is 6.30. The minimum atomic E-state index is -0.557. The number of non-ortho nitro benzene ring substituents is 1. The largest absolute Gasteiger partial charge is 0.454 e. The molecule has 1 rings (SSSR count). The van der Waals surface area contributed by atoms with Crippen LogP contribution in [0.15, 0.2) is 35.2 Å². The first-order chi connectivity index (χ1) is 8.06. The molecule has 0 saturated heterocycles. The van der Waals surface area contributed by atoms with Gasteiger partial charge in [0.15, 0.2) is 5.76 Å². The molecule has 0 aliphatic heterocycles. The van der Waals surface area contributed by atoms with Gasteiger partial charge in [-0.3, -0.25) is 15.1 Å². The number of nitrogens with zero attached hydrogens (tertiary/aromatic N) is 2. The number of ether oxygens (including phenoxy) is 1. The molecule has 1 aromatic carbocycles. The second-order valence-electron chi connectivity index (χ2n) is 2.96. The summed E-state index contributed by atoms with van der Waals surface area (Å²) in [5, 5.41) is 10.8. The Balaban J connectivity index is 3.02. The zero-order chi connectivity index (χ0) is 12.8. The zero-order valence-corrected chi connectivity index (χ0v) is 9.72. The van der Waals surface area contributed by atoms with Gasteiger partial charge in [0.25, 0.3) is 5.69 Å². The first kappa shape index (κ1) is 13.0. The van der Waals surface area contributed by atoms with Crippen LogP contribution in [0.4, 0.5) is 5.69 Å². The van der Waals surface area contributed by atoms with Crippen LogP contribution in [0.3, 0.4) is 0 Å². The number of aliphatic imine (C=N–C) groups is 1. The topological polar surface area (TPSA) is 90.8 Å². The van der Waals surface area contributed by atoms with Crippen LogP contribution in [-0.2, 0) is 0 Å². The van der Waals surface area contributed by atoms with Crippen molar-refractivity contribution in [1.29, 1.82) is 0 Å². The molecule has 90 valence electrons. The van der Waals surface area contributed by atoms with Crippen molar-refractivity contribution in [2.45, 2.75) is 0 Å². The van der Waals surface area contributed by atoms with Crippen molar-refractivity contribution in [3.63, 3.8) is 0 Å². The number of benzene rings is 1. The predicted octanol–water partition coefficient (Wildman–Crippen LogP) is 2.13. The monoisotopic (exact) mass is 255 g/mol. The lowest BCUT2D eigenvalue weighted by Gasteiger charge is -2.05.